The molecule has 1 aromatic carbocycles. The number of anilines is 1. The van der Waals surface area contributed by atoms with Crippen molar-refractivity contribution in [2.24, 2.45) is 0 Å². The molecule has 2 aromatic heterocycles. The Morgan fingerprint density at radius 3 is 2.66 bits per heavy atom. The number of hydrogen-bond donors (Lipinski definition) is 4. The third-order valence-corrected chi connectivity index (χ3v) is 5.49. The number of carbonyl (C=O) groups is 2. The highest BCUT2D eigenvalue weighted by Gasteiger charge is 2.24. The molecule has 1 fully saturated rings. The van der Waals surface area contributed by atoms with Gasteiger partial charge in [-0.25, -0.2) is 4.98 Å². The van der Waals surface area contributed by atoms with Crippen LogP contribution < -0.4 is 15.5 Å². The summed E-state index contributed by atoms with van der Waals surface area (Å²) in [5.41, 5.74) is 1.57. The lowest BCUT2D eigenvalue weighted by molar-refractivity contribution is -0.122. The Hall–Kier alpha value is -3.47. The van der Waals surface area contributed by atoms with E-state index < -0.39 is 12.1 Å². The van der Waals surface area contributed by atoms with Crippen molar-refractivity contribution in [1.29, 1.82) is 0 Å². The summed E-state index contributed by atoms with van der Waals surface area (Å²) in [6.45, 7) is 5.44. The van der Waals surface area contributed by atoms with E-state index in [-0.39, 0.29) is 11.7 Å². The zero-order valence-electron chi connectivity index (χ0n) is 18.4. The van der Waals surface area contributed by atoms with Crippen molar-refractivity contribution in [1.82, 2.24) is 40.7 Å². The number of benzene rings is 1. The minimum Gasteiger partial charge on any atom is -0.339 e. The van der Waals surface area contributed by atoms with E-state index in [1.165, 1.54) is 0 Å². The molecule has 11 nitrogen and oxygen atoms in total. The van der Waals surface area contributed by atoms with Gasteiger partial charge >= 0.3 is 0 Å². The Kier molecular flexibility index (Phi) is 6.64. The quantitative estimate of drug-likeness (QED) is 0.387. The molecule has 0 bridgehead atoms. The number of nitrogens with zero attached hydrogens (tertiary/aromatic N) is 5. The first-order chi connectivity index (χ1) is 15.5. The third-order valence-electron chi connectivity index (χ3n) is 5.49. The lowest BCUT2D eigenvalue weighted by Gasteiger charge is -2.31. The van der Waals surface area contributed by atoms with Crippen LogP contribution in [0.15, 0.2) is 24.3 Å². The third kappa shape index (κ3) is 5.05. The molecule has 32 heavy (non-hydrogen) atoms. The van der Waals surface area contributed by atoms with E-state index in [0.717, 1.165) is 50.1 Å². The number of amides is 2. The van der Waals surface area contributed by atoms with Gasteiger partial charge in [0, 0.05) is 32.6 Å². The van der Waals surface area contributed by atoms with E-state index in [0.29, 0.717) is 18.2 Å². The van der Waals surface area contributed by atoms with Gasteiger partial charge in [-0.3, -0.25) is 14.7 Å². The van der Waals surface area contributed by atoms with Gasteiger partial charge in [0.15, 0.2) is 12.0 Å². The zero-order chi connectivity index (χ0) is 22.5. The van der Waals surface area contributed by atoms with Crippen molar-refractivity contribution in [2.75, 3.05) is 38.1 Å². The number of aromatic nitrogens is 5. The Labute approximate surface area is 186 Å². The van der Waals surface area contributed by atoms with Gasteiger partial charge in [0.05, 0.1) is 11.0 Å². The molecule has 4 rings (SSSR count). The summed E-state index contributed by atoms with van der Waals surface area (Å²) in [6.07, 6.45) is 1.22. The number of likely N-dealkylation sites (N-methyl/N-ethyl adjacent to an activating group) is 1. The predicted octanol–water partition coefficient (Wildman–Crippen LogP) is 1.17. The second-order valence-corrected chi connectivity index (χ2v) is 7.99. The number of H-pyrrole nitrogens is 2. The topological polar surface area (TPSA) is 135 Å². The van der Waals surface area contributed by atoms with E-state index in [2.05, 4.69) is 47.7 Å². The number of imidazole rings is 1. The summed E-state index contributed by atoms with van der Waals surface area (Å²) in [6, 6.07) is 7.54. The first-order valence-electron chi connectivity index (χ1n) is 10.9. The number of carbonyl (C=O) groups excluding carboxylic acids is 2. The Bertz CT molecular complexity index is 1040. The van der Waals surface area contributed by atoms with Crippen molar-refractivity contribution < 1.29 is 9.59 Å². The van der Waals surface area contributed by atoms with Crippen LogP contribution in [0.1, 0.15) is 48.8 Å². The van der Waals surface area contributed by atoms with Crippen LogP contribution in [0.25, 0.3) is 11.0 Å². The maximum atomic E-state index is 12.9. The van der Waals surface area contributed by atoms with Gasteiger partial charge in [-0.15, -0.1) is 5.10 Å². The molecule has 0 radical (unpaired) electrons. The maximum Gasteiger partial charge on any atom is 0.290 e. The average molecular weight is 440 g/mol. The highest BCUT2D eigenvalue weighted by molar-refractivity contribution is 5.91. The second-order valence-electron chi connectivity index (χ2n) is 7.99. The van der Waals surface area contributed by atoms with E-state index in [4.69, 9.17) is 0 Å². The average Bonchev–Trinajstić information content (AvgIpc) is 3.45. The minimum absolute atomic E-state index is 0.0860. The smallest absolute Gasteiger partial charge is 0.290 e. The molecule has 3 aromatic rings. The minimum atomic E-state index is -0.823. The van der Waals surface area contributed by atoms with E-state index in [1.54, 1.807) is 0 Å². The Morgan fingerprint density at radius 2 is 1.91 bits per heavy atom. The summed E-state index contributed by atoms with van der Waals surface area (Å²) >= 11 is 0. The highest BCUT2D eigenvalue weighted by atomic mass is 16.2. The fourth-order valence-corrected chi connectivity index (χ4v) is 3.55. The highest BCUT2D eigenvalue weighted by Crippen LogP contribution is 2.16. The van der Waals surface area contributed by atoms with Gasteiger partial charge in [-0.05, 0) is 25.6 Å². The summed E-state index contributed by atoms with van der Waals surface area (Å²) in [4.78, 5) is 41.7. The van der Waals surface area contributed by atoms with Crippen LogP contribution in [0, 0.1) is 0 Å². The summed E-state index contributed by atoms with van der Waals surface area (Å²) in [7, 11) is 2.07. The summed E-state index contributed by atoms with van der Waals surface area (Å²) < 4.78 is 0. The number of aromatic amines is 2. The molecule has 1 atom stereocenters. The Balaban J connectivity index is 1.50. The van der Waals surface area contributed by atoms with Crippen molar-refractivity contribution >= 4 is 28.8 Å². The van der Waals surface area contributed by atoms with E-state index in [9.17, 15) is 9.59 Å². The molecular formula is C21H29N9O2. The number of fused-ring (bicyclic) bond motifs is 1. The standard InChI is InChI=1S/C21H29N9O2/c1-3-4-9-16(31)24-18(17-22-14-7-5-6-8-15(14)23-17)25-20(32)19-26-21(28-27-19)30-12-10-29(2)11-13-30/h5-8,18H,3-4,9-13H2,1-2H3,(H,22,23)(H,24,31)(H,25,32)(H,26,27,28). The van der Waals surface area contributed by atoms with E-state index in [1.807, 2.05) is 36.1 Å². The number of para-hydroxylation sites is 2. The molecule has 4 N–H and O–H groups in total. The van der Waals surface area contributed by atoms with Crippen LogP contribution >= 0.6 is 0 Å². The van der Waals surface area contributed by atoms with Gasteiger partial charge in [0.1, 0.15) is 0 Å². The number of nitrogens with one attached hydrogen (secondary N) is 4. The second kappa shape index (κ2) is 9.77. The van der Waals surface area contributed by atoms with Gasteiger partial charge < -0.3 is 25.4 Å². The number of unbranched alkanes of at least 4 members (excludes halogenated alkanes) is 1. The fourth-order valence-electron chi connectivity index (χ4n) is 3.55. The zero-order valence-corrected chi connectivity index (χ0v) is 18.4. The van der Waals surface area contributed by atoms with Crippen LogP contribution in [0.2, 0.25) is 0 Å². The Morgan fingerprint density at radius 1 is 1.12 bits per heavy atom. The largest absolute Gasteiger partial charge is 0.339 e. The molecule has 1 saturated heterocycles. The van der Waals surface area contributed by atoms with Crippen molar-refractivity contribution in [3.05, 3.63) is 35.9 Å². The van der Waals surface area contributed by atoms with Crippen LogP contribution in [-0.2, 0) is 4.79 Å². The predicted molar refractivity (Wildman–Crippen MR) is 120 cm³/mol. The SMILES string of the molecule is CCCCC(=O)NC(NC(=O)c1nc(N2CCN(C)CC2)n[nH]1)c1nc2ccccc2[nH]1. The maximum absolute atomic E-state index is 12.9. The molecule has 0 aliphatic carbocycles. The molecule has 1 aliphatic rings. The van der Waals surface area contributed by atoms with Gasteiger partial charge in [-0.1, -0.05) is 25.5 Å². The normalized spacial score (nSPS) is 15.6. The molecule has 3 heterocycles. The first kappa shape index (κ1) is 21.8. The van der Waals surface area contributed by atoms with Crippen LogP contribution in [0.3, 0.4) is 0 Å². The van der Waals surface area contributed by atoms with Gasteiger partial charge in [0.25, 0.3) is 5.91 Å². The molecule has 170 valence electrons. The van der Waals surface area contributed by atoms with Gasteiger partial charge in [-0.2, -0.15) is 4.98 Å². The van der Waals surface area contributed by atoms with E-state index >= 15 is 0 Å². The van der Waals surface area contributed by atoms with Crippen LogP contribution in [0.4, 0.5) is 5.95 Å². The summed E-state index contributed by atoms with van der Waals surface area (Å²) in [5, 5.41) is 12.6. The summed E-state index contributed by atoms with van der Waals surface area (Å²) in [5.74, 6) is 0.397. The molecule has 1 unspecified atom stereocenters. The molecule has 2 amide bonds. The molecule has 0 spiro atoms. The van der Waals surface area contributed by atoms with Crippen molar-refractivity contribution in [3.8, 4) is 0 Å². The first-order valence-corrected chi connectivity index (χ1v) is 10.9. The fraction of sp³-hybridized carbons (Fsp3) is 0.476. The lowest BCUT2D eigenvalue weighted by Crippen LogP contribution is -2.45. The molecular weight excluding hydrogens is 410 g/mol. The lowest BCUT2D eigenvalue weighted by atomic mass is 10.2. The van der Waals surface area contributed by atoms with Crippen molar-refractivity contribution in [2.45, 2.75) is 32.4 Å². The number of hydrogen-bond acceptors (Lipinski definition) is 7. The number of piperazine rings is 1. The monoisotopic (exact) mass is 439 g/mol. The molecule has 11 heteroatoms. The van der Waals surface area contributed by atoms with Crippen molar-refractivity contribution in [3.63, 3.8) is 0 Å². The molecule has 1 aliphatic heterocycles. The van der Waals surface area contributed by atoms with Gasteiger partial charge in [0.2, 0.25) is 17.7 Å². The molecule has 0 saturated carbocycles. The van der Waals surface area contributed by atoms with Crippen LogP contribution in [-0.4, -0.2) is 75.1 Å². The number of rotatable bonds is 8. The van der Waals surface area contributed by atoms with Crippen LogP contribution in [0.5, 0.6) is 0 Å².